The number of benzene rings is 1. The third-order valence-electron chi connectivity index (χ3n) is 5.24. The van der Waals surface area contributed by atoms with E-state index in [2.05, 4.69) is 22.0 Å². The molecule has 5 rings (SSSR count). The van der Waals surface area contributed by atoms with Gasteiger partial charge in [-0.25, -0.2) is 4.98 Å². The van der Waals surface area contributed by atoms with E-state index in [0.29, 0.717) is 22.1 Å². The molecule has 1 saturated heterocycles. The summed E-state index contributed by atoms with van der Waals surface area (Å²) in [7, 11) is 2.06. The molecule has 0 atom stereocenters. The van der Waals surface area contributed by atoms with Crippen molar-refractivity contribution in [2.75, 3.05) is 38.2 Å². The molecule has 4 heterocycles. The molecule has 0 aliphatic carbocycles. The zero-order chi connectivity index (χ0) is 19.4. The minimum Gasteiger partial charge on any atom is -0.859 e. The third-order valence-corrected chi connectivity index (χ3v) is 6.26. The van der Waals surface area contributed by atoms with Crippen molar-refractivity contribution in [1.82, 2.24) is 24.3 Å². The maximum absolute atomic E-state index is 13.1. The summed E-state index contributed by atoms with van der Waals surface area (Å²) >= 11 is 1.41. The van der Waals surface area contributed by atoms with Crippen LogP contribution in [0.2, 0.25) is 0 Å². The monoisotopic (exact) mass is 418 g/mol. The summed E-state index contributed by atoms with van der Waals surface area (Å²) in [6.45, 7) is 5.04. The van der Waals surface area contributed by atoms with E-state index < -0.39 is 0 Å². The zero-order valence-corrected chi connectivity index (χ0v) is 19.4. The van der Waals surface area contributed by atoms with Crippen LogP contribution >= 0.6 is 11.3 Å². The van der Waals surface area contributed by atoms with Gasteiger partial charge in [0, 0.05) is 26.2 Å². The van der Waals surface area contributed by atoms with Gasteiger partial charge in [0.2, 0.25) is 5.13 Å². The number of nitrogens with zero attached hydrogens (tertiary/aromatic N) is 6. The van der Waals surface area contributed by atoms with Gasteiger partial charge in [0.05, 0.1) is 27.2 Å². The van der Waals surface area contributed by atoms with Gasteiger partial charge in [-0.3, -0.25) is 9.47 Å². The molecule has 0 amide bonds. The van der Waals surface area contributed by atoms with Crippen molar-refractivity contribution in [2.24, 2.45) is 0 Å². The Hall–Kier alpha value is -1.91. The summed E-state index contributed by atoms with van der Waals surface area (Å²) in [5.41, 5.74) is 2.10. The topological polar surface area (TPSA) is 82.2 Å². The second-order valence-corrected chi connectivity index (χ2v) is 8.09. The fourth-order valence-corrected chi connectivity index (χ4v) is 4.65. The van der Waals surface area contributed by atoms with Crippen LogP contribution in [0.3, 0.4) is 0 Å². The Morgan fingerprint density at radius 3 is 2.59 bits per heavy atom. The fraction of sp³-hybridized carbons (Fsp3) is 0.316. The van der Waals surface area contributed by atoms with E-state index in [4.69, 9.17) is 0 Å². The summed E-state index contributed by atoms with van der Waals surface area (Å²) in [6, 6.07) is 9.18. The van der Waals surface area contributed by atoms with E-state index in [1.54, 1.807) is 4.68 Å². The fourth-order valence-electron chi connectivity index (χ4n) is 3.74. The van der Waals surface area contributed by atoms with Crippen molar-refractivity contribution < 1.29 is 34.7 Å². The summed E-state index contributed by atoms with van der Waals surface area (Å²) in [4.78, 5) is 19.9. The molecule has 0 unspecified atom stereocenters. The maximum Gasteiger partial charge on any atom is 1.00 e. The minimum absolute atomic E-state index is 0. The number of aromatic nitrogens is 4. The number of rotatable bonds is 2. The number of fused-ring (bicyclic) bond motifs is 2. The molecular weight excluding hydrogens is 399 g/mol. The number of para-hydroxylation sites is 1. The first-order valence-electron chi connectivity index (χ1n) is 9.15. The van der Waals surface area contributed by atoms with E-state index in [1.165, 1.54) is 22.1 Å². The smallest absolute Gasteiger partial charge is 0.859 e. The third kappa shape index (κ3) is 3.36. The van der Waals surface area contributed by atoms with Gasteiger partial charge in [-0.2, -0.15) is 9.78 Å². The minimum atomic E-state index is -0.241. The number of piperazine rings is 1. The first-order valence-corrected chi connectivity index (χ1v) is 9.97. The molecule has 0 saturated carbocycles. The zero-order valence-electron chi connectivity index (χ0n) is 16.6. The predicted octanol–water partition coefficient (Wildman–Crippen LogP) is -1.98. The summed E-state index contributed by atoms with van der Waals surface area (Å²) < 4.78 is 3.93. The molecule has 1 aromatic carbocycles. The van der Waals surface area contributed by atoms with Crippen LogP contribution in [0.5, 0.6) is 5.88 Å². The molecule has 10 heteroatoms. The van der Waals surface area contributed by atoms with E-state index in [9.17, 15) is 9.90 Å². The second-order valence-electron chi connectivity index (χ2n) is 7.08. The number of hydrogen-bond donors (Lipinski definition) is 0. The van der Waals surface area contributed by atoms with Gasteiger partial charge in [-0.05, 0) is 38.1 Å². The summed E-state index contributed by atoms with van der Waals surface area (Å²) in [6.07, 6.45) is 0. The van der Waals surface area contributed by atoms with Gasteiger partial charge in [0.1, 0.15) is 0 Å². The van der Waals surface area contributed by atoms with Gasteiger partial charge in [0.15, 0.2) is 0 Å². The number of hydrogen-bond acceptors (Lipinski definition) is 7. The molecule has 1 fully saturated rings. The van der Waals surface area contributed by atoms with Crippen LogP contribution < -0.4 is 45.2 Å². The molecule has 0 radical (unpaired) electrons. The molecule has 1 aromatic heterocycles. The van der Waals surface area contributed by atoms with Gasteiger partial charge in [-0.15, -0.1) is 0 Å². The van der Waals surface area contributed by atoms with Crippen LogP contribution in [0.4, 0.5) is 0 Å². The van der Waals surface area contributed by atoms with Crippen LogP contribution in [-0.2, 0) is 0 Å². The van der Waals surface area contributed by atoms with Crippen LogP contribution in [0.1, 0.15) is 5.69 Å². The Morgan fingerprint density at radius 1 is 1.14 bits per heavy atom. The Kier molecular flexibility index (Phi) is 5.43. The Labute approximate surface area is 193 Å². The van der Waals surface area contributed by atoms with Crippen LogP contribution in [0, 0.1) is 6.92 Å². The first kappa shape index (κ1) is 20.4. The molecule has 8 nitrogen and oxygen atoms in total. The van der Waals surface area contributed by atoms with Crippen molar-refractivity contribution in [2.45, 2.75) is 6.92 Å². The Morgan fingerprint density at radius 2 is 1.86 bits per heavy atom. The van der Waals surface area contributed by atoms with Crippen LogP contribution in [0.15, 0.2) is 35.1 Å². The predicted molar refractivity (Wildman–Crippen MR) is 107 cm³/mol. The molecule has 0 N–H and O–H groups in total. The van der Waals surface area contributed by atoms with Crippen LogP contribution in [-0.4, -0.2) is 57.6 Å². The summed E-state index contributed by atoms with van der Waals surface area (Å²) in [5, 5.41) is 19.7. The van der Waals surface area contributed by atoms with Crippen molar-refractivity contribution in [3.05, 3.63) is 46.4 Å². The van der Waals surface area contributed by atoms with Crippen molar-refractivity contribution in [3.8, 4) is 22.3 Å². The maximum atomic E-state index is 13.1. The van der Waals surface area contributed by atoms with Gasteiger partial charge < -0.3 is 15.0 Å². The van der Waals surface area contributed by atoms with Crippen LogP contribution in [0.25, 0.3) is 26.6 Å². The van der Waals surface area contributed by atoms with Gasteiger partial charge >= 0.3 is 29.6 Å². The van der Waals surface area contributed by atoms with Gasteiger partial charge in [-0.1, -0.05) is 23.5 Å². The van der Waals surface area contributed by atoms with E-state index in [0.717, 1.165) is 36.4 Å². The second kappa shape index (κ2) is 7.73. The first-order chi connectivity index (χ1) is 13.5. The molecular formula is C19H19N6NaO2S. The average molecular weight is 418 g/mol. The molecule has 0 spiro atoms. The van der Waals surface area contributed by atoms with E-state index >= 15 is 0 Å². The normalized spacial score (nSPS) is 15.2. The molecule has 144 valence electrons. The van der Waals surface area contributed by atoms with Crippen molar-refractivity contribution in [3.63, 3.8) is 0 Å². The van der Waals surface area contributed by atoms with Gasteiger partial charge in [0.25, 0.3) is 5.56 Å². The number of likely N-dealkylation sites (N-methyl/N-ethyl adjacent to an activating group) is 1. The molecule has 29 heavy (non-hydrogen) atoms. The largest absolute Gasteiger partial charge is 1.00 e. The number of thiazole rings is 1. The Balaban J connectivity index is 0.00000205. The molecule has 3 aliphatic rings. The standard InChI is InChI=1S/C19H20N6O2S.Na/c1-12-17-14(11-16(26)25(12)23-9-7-22(2)8-10-23)21-24(18(17)27)19-20-13-5-3-4-6-15(13)28-19;/h3-6,11,26H,7-10H2,1-2H3;/q;+1/p-1. The van der Waals surface area contributed by atoms with E-state index in [1.807, 2.05) is 36.2 Å². The number of pyridine rings is 1. The molecule has 3 aliphatic heterocycles. The molecule has 0 bridgehead atoms. The summed E-state index contributed by atoms with van der Waals surface area (Å²) in [5.74, 6) is -0.163. The molecule has 2 aromatic rings. The van der Waals surface area contributed by atoms with E-state index in [-0.39, 0.29) is 41.0 Å². The van der Waals surface area contributed by atoms with Crippen molar-refractivity contribution in [1.29, 1.82) is 0 Å². The van der Waals surface area contributed by atoms with Crippen molar-refractivity contribution >= 4 is 21.6 Å². The Bertz CT molecular complexity index is 1170. The quantitative estimate of drug-likeness (QED) is 0.351. The SMILES string of the molecule is Cc1c2c(=O)n(-c3nc4ccccc4s3)nc-2cc([O-])n1N1CCN(C)CC1.[Na+]. The average Bonchev–Trinajstić information content (AvgIpc) is 3.24.